The molecule has 1 amide bonds. The molecule has 0 N–H and O–H groups in total. The average molecular weight is 346 g/mol. The molecule has 0 aliphatic carbocycles. The highest BCUT2D eigenvalue weighted by Crippen LogP contribution is 2.29. The predicted octanol–water partition coefficient (Wildman–Crippen LogP) is 3.01. The van der Waals surface area contributed by atoms with E-state index in [4.69, 9.17) is 16.3 Å². The number of hydrogen-bond acceptors (Lipinski definition) is 4. The molecule has 1 aliphatic heterocycles. The topological polar surface area (TPSA) is 45.7 Å². The summed E-state index contributed by atoms with van der Waals surface area (Å²) >= 11 is 6.27. The summed E-state index contributed by atoms with van der Waals surface area (Å²) in [5.41, 5.74) is 1.51. The highest BCUT2D eigenvalue weighted by molar-refractivity contribution is 6.31. The summed E-state index contributed by atoms with van der Waals surface area (Å²) in [6.07, 6.45) is 1.48. The van der Waals surface area contributed by atoms with Gasteiger partial charge in [0, 0.05) is 37.4 Å². The molecule has 24 heavy (non-hydrogen) atoms. The Balaban J connectivity index is 1.83. The van der Waals surface area contributed by atoms with Gasteiger partial charge in [-0.2, -0.15) is 0 Å². The van der Waals surface area contributed by atoms with E-state index >= 15 is 0 Å². The van der Waals surface area contributed by atoms with Crippen molar-refractivity contribution in [1.29, 1.82) is 0 Å². The lowest BCUT2D eigenvalue weighted by Gasteiger charge is -2.34. The smallest absolute Gasteiger partial charge is 0.257 e. The van der Waals surface area contributed by atoms with E-state index in [0.29, 0.717) is 36.1 Å². The van der Waals surface area contributed by atoms with Gasteiger partial charge in [-0.05, 0) is 18.2 Å². The third-order valence-corrected chi connectivity index (χ3v) is 4.39. The standard InChI is InChI=1S/C18H20ClN3O2/c1-21(2)17-14(7-5-9-20-17)18(23)22-10-11-24-16(12-22)13-6-3-4-8-15(13)19/h3-9,16H,10-12H2,1-2H3. The van der Waals surface area contributed by atoms with E-state index in [1.54, 1.807) is 12.3 Å². The molecule has 0 spiro atoms. The number of hydrogen-bond donors (Lipinski definition) is 0. The normalized spacial score (nSPS) is 17.6. The van der Waals surface area contributed by atoms with Crippen molar-refractivity contribution in [3.05, 3.63) is 58.7 Å². The van der Waals surface area contributed by atoms with Gasteiger partial charge in [0.05, 0.1) is 18.7 Å². The average Bonchev–Trinajstić information content (AvgIpc) is 2.61. The zero-order chi connectivity index (χ0) is 17.1. The molecular weight excluding hydrogens is 326 g/mol. The van der Waals surface area contributed by atoms with Crippen molar-refractivity contribution in [2.45, 2.75) is 6.10 Å². The van der Waals surface area contributed by atoms with Gasteiger partial charge in [0.2, 0.25) is 0 Å². The fourth-order valence-corrected chi connectivity index (χ4v) is 3.11. The van der Waals surface area contributed by atoms with E-state index in [1.165, 1.54) is 0 Å². The Morgan fingerprint density at radius 3 is 2.83 bits per heavy atom. The minimum absolute atomic E-state index is 0.0350. The number of nitrogens with zero attached hydrogens (tertiary/aromatic N) is 3. The summed E-state index contributed by atoms with van der Waals surface area (Å²) in [6.45, 7) is 1.52. The fourth-order valence-electron chi connectivity index (χ4n) is 2.85. The third-order valence-electron chi connectivity index (χ3n) is 4.05. The summed E-state index contributed by atoms with van der Waals surface area (Å²) in [5, 5.41) is 0.659. The van der Waals surface area contributed by atoms with Crippen LogP contribution in [0.1, 0.15) is 22.0 Å². The van der Waals surface area contributed by atoms with Crippen LogP contribution in [0.5, 0.6) is 0 Å². The van der Waals surface area contributed by atoms with Gasteiger partial charge in [-0.3, -0.25) is 4.79 Å². The quantitative estimate of drug-likeness (QED) is 0.858. The number of benzene rings is 1. The van der Waals surface area contributed by atoms with Crippen molar-refractivity contribution in [2.24, 2.45) is 0 Å². The number of halogens is 1. The van der Waals surface area contributed by atoms with Gasteiger partial charge in [0.25, 0.3) is 5.91 Å². The van der Waals surface area contributed by atoms with Crippen LogP contribution in [0.4, 0.5) is 5.82 Å². The van der Waals surface area contributed by atoms with Gasteiger partial charge in [-0.25, -0.2) is 4.98 Å². The maximum Gasteiger partial charge on any atom is 0.257 e. The molecule has 1 unspecified atom stereocenters. The fraction of sp³-hybridized carbons (Fsp3) is 0.333. The maximum absolute atomic E-state index is 13.0. The Morgan fingerprint density at radius 2 is 2.08 bits per heavy atom. The molecule has 1 saturated heterocycles. The van der Waals surface area contributed by atoms with E-state index in [9.17, 15) is 4.79 Å². The largest absolute Gasteiger partial charge is 0.370 e. The molecule has 6 heteroatoms. The number of pyridine rings is 1. The minimum atomic E-state index is -0.212. The molecule has 0 bridgehead atoms. The number of anilines is 1. The van der Waals surface area contributed by atoms with E-state index in [-0.39, 0.29) is 12.0 Å². The highest BCUT2D eigenvalue weighted by atomic mass is 35.5. The van der Waals surface area contributed by atoms with Gasteiger partial charge in [-0.15, -0.1) is 0 Å². The molecule has 0 radical (unpaired) electrons. The Hall–Kier alpha value is -2.11. The van der Waals surface area contributed by atoms with Gasteiger partial charge in [0.15, 0.2) is 0 Å². The number of morpholine rings is 1. The van der Waals surface area contributed by atoms with Crippen LogP contribution in [-0.4, -0.2) is 49.6 Å². The SMILES string of the molecule is CN(C)c1ncccc1C(=O)N1CCOC(c2ccccc2Cl)C1. The summed E-state index contributed by atoms with van der Waals surface area (Å²) in [6, 6.07) is 11.2. The van der Waals surface area contributed by atoms with Crippen LogP contribution in [0.2, 0.25) is 5.02 Å². The molecule has 3 rings (SSSR count). The molecule has 1 fully saturated rings. The van der Waals surface area contributed by atoms with Gasteiger partial charge in [0.1, 0.15) is 11.9 Å². The van der Waals surface area contributed by atoms with Gasteiger partial charge < -0.3 is 14.5 Å². The molecular formula is C18H20ClN3O2. The molecule has 1 atom stereocenters. The molecule has 0 saturated carbocycles. The van der Waals surface area contributed by atoms with Crippen LogP contribution in [0.15, 0.2) is 42.6 Å². The van der Waals surface area contributed by atoms with Gasteiger partial charge in [-0.1, -0.05) is 29.8 Å². The van der Waals surface area contributed by atoms with Gasteiger partial charge >= 0.3 is 0 Å². The lowest BCUT2D eigenvalue weighted by atomic mass is 10.1. The maximum atomic E-state index is 13.0. The van der Waals surface area contributed by atoms with Crippen molar-refractivity contribution in [1.82, 2.24) is 9.88 Å². The van der Waals surface area contributed by atoms with Crippen molar-refractivity contribution in [2.75, 3.05) is 38.7 Å². The second-order valence-electron chi connectivity index (χ2n) is 5.90. The molecule has 2 aromatic rings. The number of carbonyl (C=O) groups excluding carboxylic acids is 1. The lowest BCUT2D eigenvalue weighted by Crippen LogP contribution is -2.42. The third kappa shape index (κ3) is 3.37. The van der Waals surface area contributed by atoms with E-state index in [1.807, 2.05) is 54.2 Å². The molecule has 1 aromatic heterocycles. The predicted molar refractivity (Wildman–Crippen MR) is 94.6 cm³/mol. The van der Waals surface area contributed by atoms with E-state index in [2.05, 4.69) is 4.98 Å². The van der Waals surface area contributed by atoms with Crippen LogP contribution >= 0.6 is 11.6 Å². The second kappa shape index (κ2) is 7.20. The molecule has 5 nitrogen and oxygen atoms in total. The van der Waals surface area contributed by atoms with Crippen LogP contribution < -0.4 is 4.90 Å². The van der Waals surface area contributed by atoms with Crippen molar-refractivity contribution in [3.8, 4) is 0 Å². The molecule has 1 aromatic carbocycles. The first-order valence-corrected chi connectivity index (χ1v) is 8.23. The summed E-state index contributed by atoms with van der Waals surface area (Å²) < 4.78 is 5.83. The lowest BCUT2D eigenvalue weighted by molar-refractivity contribution is -0.0227. The van der Waals surface area contributed by atoms with Crippen molar-refractivity contribution < 1.29 is 9.53 Å². The minimum Gasteiger partial charge on any atom is -0.370 e. The molecule has 2 heterocycles. The monoisotopic (exact) mass is 345 g/mol. The Bertz CT molecular complexity index is 736. The van der Waals surface area contributed by atoms with Crippen LogP contribution in [-0.2, 0) is 4.74 Å². The number of carbonyl (C=O) groups is 1. The number of ether oxygens (including phenoxy) is 1. The van der Waals surface area contributed by atoms with E-state index in [0.717, 1.165) is 5.56 Å². The highest BCUT2D eigenvalue weighted by Gasteiger charge is 2.28. The van der Waals surface area contributed by atoms with Crippen molar-refractivity contribution in [3.63, 3.8) is 0 Å². The first-order chi connectivity index (χ1) is 11.6. The van der Waals surface area contributed by atoms with Crippen LogP contribution in [0, 0.1) is 0 Å². The summed E-state index contributed by atoms with van der Waals surface area (Å²) in [5.74, 6) is 0.635. The van der Waals surface area contributed by atoms with E-state index < -0.39 is 0 Å². The number of rotatable bonds is 3. The first-order valence-electron chi connectivity index (χ1n) is 7.85. The Labute approximate surface area is 146 Å². The first kappa shape index (κ1) is 16.7. The van der Waals surface area contributed by atoms with Crippen molar-refractivity contribution >= 4 is 23.3 Å². The number of aromatic nitrogens is 1. The van der Waals surface area contributed by atoms with Crippen LogP contribution in [0.3, 0.4) is 0 Å². The zero-order valence-electron chi connectivity index (χ0n) is 13.8. The Kier molecular flexibility index (Phi) is 5.02. The second-order valence-corrected chi connectivity index (χ2v) is 6.31. The molecule has 126 valence electrons. The van der Waals surface area contributed by atoms with Crippen LogP contribution in [0.25, 0.3) is 0 Å². The number of amides is 1. The Morgan fingerprint density at radius 1 is 1.29 bits per heavy atom. The summed E-state index contributed by atoms with van der Waals surface area (Å²) in [4.78, 5) is 20.9. The zero-order valence-corrected chi connectivity index (χ0v) is 14.5. The molecule has 1 aliphatic rings. The summed E-state index contributed by atoms with van der Waals surface area (Å²) in [7, 11) is 3.76.